The number of amides is 3. The van der Waals surface area contributed by atoms with Crippen molar-refractivity contribution < 1.29 is 23.2 Å². The molecule has 0 aliphatic heterocycles. The Balaban J connectivity index is 2.83. The Hall–Kier alpha value is -2.26. The lowest BCUT2D eigenvalue weighted by atomic mass is 10.0. The third kappa shape index (κ3) is 7.87. The number of nitrogens with two attached hydrogens (primary N) is 1. The number of primary amides is 1. The molecule has 0 fully saturated rings. The average molecular weight is 440 g/mol. The summed E-state index contributed by atoms with van der Waals surface area (Å²) in [4.78, 5) is 36.1. The summed E-state index contributed by atoms with van der Waals surface area (Å²) >= 11 is 0. The van der Waals surface area contributed by atoms with Crippen LogP contribution in [0.3, 0.4) is 0 Å². The van der Waals surface area contributed by atoms with Gasteiger partial charge in [-0.05, 0) is 36.2 Å². The molecule has 30 heavy (non-hydrogen) atoms. The van der Waals surface area contributed by atoms with Gasteiger partial charge in [0.2, 0.25) is 17.7 Å². The van der Waals surface area contributed by atoms with Crippen LogP contribution in [0.2, 0.25) is 18.1 Å². The van der Waals surface area contributed by atoms with E-state index in [1.807, 2.05) is 0 Å². The molecule has 1 aromatic rings. The summed E-state index contributed by atoms with van der Waals surface area (Å²) < 4.78 is 20.0. The van der Waals surface area contributed by atoms with E-state index in [-0.39, 0.29) is 30.1 Å². The van der Waals surface area contributed by atoms with Crippen LogP contribution in [0.25, 0.3) is 0 Å². The zero-order chi connectivity index (χ0) is 23.1. The number of hydrogen-bond donors (Lipinski definition) is 3. The third-order valence-corrected chi connectivity index (χ3v) is 9.95. The molecule has 0 spiro atoms. The maximum atomic E-state index is 14.0. The van der Waals surface area contributed by atoms with Gasteiger partial charge in [-0.3, -0.25) is 14.4 Å². The predicted molar refractivity (Wildman–Crippen MR) is 117 cm³/mol. The smallest absolute Gasteiger partial charge is 0.243 e. The summed E-state index contributed by atoms with van der Waals surface area (Å²) in [5.41, 5.74) is 5.73. The molecule has 9 heteroatoms. The van der Waals surface area contributed by atoms with Crippen LogP contribution in [0, 0.1) is 5.82 Å². The number of carbonyl (C=O) groups is 3. The van der Waals surface area contributed by atoms with Gasteiger partial charge in [0.1, 0.15) is 17.9 Å². The summed E-state index contributed by atoms with van der Waals surface area (Å²) in [6.45, 7) is 12.0. The van der Waals surface area contributed by atoms with Crippen molar-refractivity contribution in [2.24, 2.45) is 5.73 Å². The molecule has 0 aliphatic rings. The monoisotopic (exact) mass is 439 g/mol. The normalized spacial score (nSPS) is 14.0. The standard InChI is InChI=1S/C21H34FN3O4Si/c1-14(26)24-18(13-15-9-7-8-10-16(15)22)20(28)25-17(19(23)27)11-12-29-30(5,6)21(2,3)4/h7-10,17-18H,11-13H2,1-6H3,(H2,23,27)(H,24,26)(H,25,28)/t17-,18-/m1/s1. The van der Waals surface area contributed by atoms with Crippen molar-refractivity contribution in [3.8, 4) is 0 Å². The number of hydrogen-bond acceptors (Lipinski definition) is 4. The molecule has 7 nitrogen and oxygen atoms in total. The van der Waals surface area contributed by atoms with Gasteiger partial charge in [0, 0.05) is 20.0 Å². The molecule has 0 bridgehead atoms. The van der Waals surface area contributed by atoms with Crippen molar-refractivity contribution in [3.05, 3.63) is 35.6 Å². The first-order valence-electron chi connectivity index (χ1n) is 9.98. The predicted octanol–water partition coefficient (Wildman–Crippen LogP) is 2.25. The lowest BCUT2D eigenvalue weighted by Gasteiger charge is -2.36. The third-order valence-electron chi connectivity index (χ3n) is 5.41. The Morgan fingerprint density at radius 1 is 1.13 bits per heavy atom. The lowest BCUT2D eigenvalue weighted by molar-refractivity contribution is -0.131. The first-order valence-corrected chi connectivity index (χ1v) is 12.9. The highest BCUT2D eigenvalue weighted by Crippen LogP contribution is 2.36. The van der Waals surface area contributed by atoms with Crippen molar-refractivity contribution in [3.63, 3.8) is 0 Å². The molecule has 0 saturated carbocycles. The molecule has 1 rings (SSSR count). The van der Waals surface area contributed by atoms with Crippen LogP contribution in [-0.4, -0.2) is 44.7 Å². The van der Waals surface area contributed by atoms with E-state index in [9.17, 15) is 18.8 Å². The van der Waals surface area contributed by atoms with Gasteiger partial charge in [0.05, 0.1) is 0 Å². The fraction of sp³-hybridized carbons (Fsp3) is 0.571. The van der Waals surface area contributed by atoms with Crippen molar-refractivity contribution in [2.75, 3.05) is 6.61 Å². The van der Waals surface area contributed by atoms with Crippen LogP contribution in [0.4, 0.5) is 4.39 Å². The fourth-order valence-electron chi connectivity index (χ4n) is 2.54. The van der Waals surface area contributed by atoms with Crippen LogP contribution in [0.1, 0.15) is 39.7 Å². The quantitative estimate of drug-likeness (QED) is 0.486. The Kier molecular flexibility index (Phi) is 9.17. The lowest BCUT2D eigenvalue weighted by Crippen LogP contribution is -2.54. The molecular weight excluding hydrogens is 405 g/mol. The van der Waals surface area contributed by atoms with Gasteiger partial charge in [-0.25, -0.2) is 4.39 Å². The van der Waals surface area contributed by atoms with Gasteiger partial charge in [-0.15, -0.1) is 0 Å². The van der Waals surface area contributed by atoms with E-state index in [0.29, 0.717) is 0 Å². The van der Waals surface area contributed by atoms with Crippen molar-refractivity contribution in [2.45, 2.75) is 70.8 Å². The van der Waals surface area contributed by atoms with Crippen molar-refractivity contribution >= 4 is 26.0 Å². The van der Waals surface area contributed by atoms with Crippen molar-refractivity contribution in [1.82, 2.24) is 10.6 Å². The number of carbonyl (C=O) groups excluding carboxylic acids is 3. The Morgan fingerprint density at radius 3 is 2.23 bits per heavy atom. The zero-order valence-corrected chi connectivity index (χ0v) is 19.7. The molecule has 3 amide bonds. The van der Waals surface area contributed by atoms with Gasteiger partial charge < -0.3 is 20.8 Å². The van der Waals surface area contributed by atoms with Crippen LogP contribution in [0.5, 0.6) is 0 Å². The number of nitrogens with one attached hydrogen (secondary N) is 2. The van der Waals surface area contributed by atoms with Gasteiger partial charge in [-0.2, -0.15) is 0 Å². The average Bonchev–Trinajstić information content (AvgIpc) is 2.60. The van der Waals surface area contributed by atoms with Crippen LogP contribution in [-0.2, 0) is 25.2 Å². The van der Waals surface area contributed by atoms with E-state index in [2.05, 4.69) is 44.5 Å². The summed E-state index contributed by atoms with van der Waals surface area (Å²) in [7, 11) is -2.01. The van der Waals surface area contributed by atoms with Gasteiger partial charge in [0.15, 0.2) is 8.32 Å². The highest BCUT2D eigenvalue weighted by molar-refractivity contribution is 6.74. The second-order valence-electron chi connectivity index (χ2n) is 8.91. The minimum atomic E-state index is -2.01. The number of halogens is 1. The van der Waals surface area contributed by atoms with E-state index < -0.39 is 43.9 Å². The highest BCUT2D eigenvalue weighted by Gasteiger charge is 2.37. The van der Waals surface area contributed by atoms with Crippen LogP contribution >= 0.6 is 0 Å². The van der Waals surface area contributed by atoms with E-state index in [4.69, 9.17) is 10.2 Å². The molecular formula is C21H34FN3O4Si. The van der Waals surface area contributed by atoms with Gasteiger partial charge >= 0.3 is 0 Å². The van der Waals surface area contributed by atoms with E-state index in [1.165, 1.54) is 25.1 Å². The molecule has 1 aromatic carbocycles. The molecule has 0 unspecified atom stereocenters. The minimum absolute atomic E-state index is 0.00866. The first kappa shape index (κ1) is 25.8. The second-order valence-corrected chi connectivity index (χ2v) is 13.7. The van der Waals surface area contributed by atoms with E-state index in [1.54, 1.807) is 6.07 Å². The second kappa shape index (κ2) is 10.7. The van der Waals surface area contributed by atoms with Crippen molar-refractivity contribution in [1.29, 1.82) is 0 Å². The fourth-order valence-corrected chi connectivity index (χ4v) is 3.61. The highest BCUT2D eigenvalue weighted by atomic mass is 28.4. The summed E-state index contributed by atoms with van der Waals surface area (Å²) in [5.74, 6) is -2.22. The Morgan fingerprint density at radius 2 is 1.73 bits per heavy atom. The minimum Gasteiger partial charge on any atom is -0.417 e. The molecule has 2 atom stereocenters. The van der Waals surface area contributed by atoms with Crippen LogP contribution in [0.15, 0.2) is 24.3 Å². The SMILES string of the molecule is CC(=O)N[C@H](Cc1ccccc1F)C(=O)N[C@H](CCO[Si](C)(C)C(C)(C)C)C(N)=O. The van der Waals surface area contributed by atoms with Gasteiger partial charge in [-0.1, -0.05) is 39.0 Å². The molecule has 4 N–H and O–H groups in total. The molecule has 0 aliphatic carbocycles. The Labute approximate surface area is 179 Å². The van der Waals surface area contributed by atoms with E-state index in [0.717, 1.165) is 0 Å². The zero-order valence-electron chi connectivity index (χ0n) is 18.7. The molecule has 0 heterocycles. The van der Waals surface area contributed by atoms with Crippen LogP contribution < -0.4 is 16.4 Å². The summed E-state index contributed by atoms with van der Waals surface area (Å²) in [6, 6.07) is 4.00. The maximum Gasteiger partial charge on any atom is 0.243 e. The number of rotatable bonds is 10. The maximum absolute atomic E-state index is 14.0. The first-order chi connectivity index (χ1) is 13.7. The molecule has 0 aromatic heterocycles. The summed E-state index contributed by atoms with van der Waals surface area (Å²) in [5, 5.41) is 5.09. The summed E-state index contributed by atoms with van der Waals surface area (Å²) in [6.07, 6.45) is 0.157. The van der Waals surface area contributed by atoms with Gasteiger partial charge in [0.25, 0.3) is 0 Å². The van der Waals surface area contributed by atoms with E-state index >= 15 is 0 Å². The number of benzene rings is 1. The Bertz CT molecular complexity index is 765. The topological polar surface area (TPSA) is 111 Å². The molecule has 0 radical (unpaired) electrons. The molecule has 0 saturated heterocycles. The largest absolute Gasteiger partial charge is 0.417 e. The molecule has 168 valence electrons.